The standard InChI is InChI=1S/C21H16O/c1-22-17-12-10-15(11-13-17)21-14-16-6-2-3-7-18(16)19-8-4-5-9-20(19)21/h2-14H,1H3/i8D. The molecule has 0 N–H and O–H groups in total. The Labute approximate surface area is 131 Å². The molecular formula is C21H16O. The molecule has 0 saturated carbocycles. The molecule has 4 rings (SSSR count). The molecule has 0 aliphatic heterocycles. The van der Waals surface area contributed by atoms with Gasteiger partial charge in [-0.2, -0.15) is 0 Å². The zero-order valence-electron chi connectivity index (χ0n) is 13.3. The van der Waals surface area contributed by atoms with Crippen LogP contribution in [0.2, 0.25) is 0 Å². The van der Waals surface area contributed by atoms with Crippen molar-refractivity contribution in [1.29, 1.82) is 0 Å². The maximum atomic E-state index is 8.35. The molecule has 0 radical (unpaired) electrons. The molecule has 4 aromatic rings. The predicted molar refractivity (Wildman–Crippen MR) is 93.4 cm³/mol. The minimum Gasteiger partial charge on any atom is -0.497 e. The SMILES string of the molecule is [2H]c1cccc2c(-c3ccc(OC)cc3)cc3ccccc3c12. The smallest absolute Gasteiger partial charge is 0.118 e. The van der Waals surface area contributed by atoms with E-state index in [0.717, 1.165) is 38.4 Å². The minimum atomic E-state index is 0.564. The second kappa shape index (κ2) is 5.19. The lowest BCUT2D eigenvalue weighted by molar-refractivity contribution is 0.415. The Morgan fingerprint density at radius 3 is 2.32 bits per heavy atom. The number of methoxy groups -OCH3 is 1. The van der Waals surface area contributed by atoms with Crippen LogP contribution >= 0.6 is 0 Å². The van der Waals surface area contributed by atoms with Crippen LogP contribution in [-0.2, 0) is 0 Å². The molecule has 0 aromatic heterocycles. The van der Waals surface area contributed by atoms with Crippen molar-refractivity contribution in [1.82, 2.24) is 0 Å². The summed E-state index contributed by atoms with van der Waals surface area (Å²) in [4.78, 5) is 0. The van der Waals surface area contributed by atoms with Crippen LogP contribution in [0.5, 0.6) is 5.75 Å². The van der Waals surface area contributed by atoms with Crippen LogP contribution in [0.3, 0.4) is 0 Å². The van der Waals surface area contributed by atoms with E-state index in [0.29, 0.717) is 6.04 Å². The predicted octanol–water partition coefficient (Wildman–Crippen LogP) is 5.67. The van der Waals surface area contributed by atoms with Gasteiger partial charge in [-0.3, -0.25) is 0 Å². The van der Waals surface area contributed by atoms with Crippen LogP contribution < -0.4 is 4.74 Å². The fraction of sp³-hybridized carbons (Fsp3) is 0.0476. The van der Waals surface area contributed by atoms with Crippen molar-refractivity contribution < 1.29 is 6.11 Å². The quantitative estimate of drug-likeness (QED) is 0.431. The molecule has 0 saturated heterocycles. The van der Waals surface area contributed by atoms with Crippen molar-refractivity contribution in [3.8, 4) is 16.9 Å². The summed E-state index contributed by atoms with van der Waals surface area (Å²) in [7, 11) is 1.67. The largest absolute Gasteiger partial charge is 0.497 e. The van der Waals surface area contributed by atoms with E-state index in [4.69, 9.17) is 6.11 Å². The summed E-state index contributed by atoms with van der Waals surface area (Å²) < 4.78 is 13.6. The summed E-state index contributed by atoms with van der Waals surface area (Å²) in [5.74, 6) is 0.847. The van der Waals surface area contributed by atoms with E-state index in [1.165, 1.54) is 0 Å². The topological polar surface area (TPSA) is 9.23 Å². The highest BCUT2D eigenvalue weighted by Gasteiger charge is 2.08. The lowest BCUT2D eigenvalue weighted by atomic mass is 9.93. The summed E-state index contributed by atoms with van der Waals surface area (Å²) in [6.45, 7) is 0. The van der Waals surface area contributed by atoms with E-state index in [2.05, 4.69) is 36.4 Å². The van der Waals surface area contributed by atoms with Crippen molar-refractivity contribution in [2.45, 2.75) is 0 Å². The Morgan fingerprint density at radius 2 is 1.50 bits per heavy atom. The fourth-order valence-electron chi connectivity index (χ4n) is 2.98. The molecule has 4 aromatic carbocycles. The molecule has 0 spiro atoms. The molecule has 106 valence electrons. The first-order valence-corrected chi connectivity index (χ1v) is 7.33. The van der Waals surface area contributed by atoms with Gasteiger partial charge in [0.1, 0.15) is 5.75 Å². The molecule has 0 aliphatic rings. The fourth-order valence-corrected chi connectivity index (χ4v) is 2.98. The zero-order valence-corrected chi connectivity index (χ0v) is 12.3. The number of benzene rings is 4. The second-order valence-corrected chi connectivity index (χ2v) is 5.33. The van der Waals surface area contributed by atoms with Crippen molar-refractivity contribution >= 4 is 21.5 Å². The molecule has 22 heavy (non-hydrogen) atoms. The Bertz CT molecular complexity index is 1000. The Morgan fingerprint density at radius 1 is 0.773 bits per heavy atom. The van der Waals surface area contributed by atoms with E-state index < -0.39 is 0 Å². The molecule has 1 nitrogen and oxygen atoms in total. The van der Waals surface area contributed by atoms with Gasteiger partial charge in [-0.25, -0.2) is 0 Å². The van der Waals surface area contributed by atoms with Gasteiger partial charge in [0.2, 0.25) is 0 Å². The average molecular weight is 285 g/mol. The molecule has 0 aliphatic carbocycles. The van der Waals surface area contributed by atoms with Gasteiger partial charge < -0.3 is 4.74 Å². The molecule has 0 unspecified atom stereocenters. The maximum absolute atomic E-state index is 8.35. The van der Waals surface area contributed by atoms with E-state index in [1.54, 1.807) is 7.11 Å². The molecule has 1 heteroatoms. The van der Waals surface area contributed by atoms with Crippen molar-refractivity contribution in [2.24, 2.45) is 0 Å². The Balaban J connectivity index is 2.10. The molecular weight excluding hydrogens is 268 g/mol. The van der Waals surface area contributed by atoms with E-state index in [1.807, 2.05) is 36.4 Å². The van der Waals surface area contributed by atoms with Crippen molar-refractivity contribution in [2.75, 3.05) is 7.11 Å². The highest BCUT2D eigenvalue weighted by molar-refractivity contribution is 6.13. The third kappa shape index (κ3) is 2.03. The van der Waals surface area contributed by atoms with Gasteiger partial charge in [-0.15, -0.1) is 0 Å². The van der Waals surface area contributed by atoms with Gasteiger partial charge in [0.15, 0.2) is 0 Å². The van der Waals surface area contributed by atoms with Gasteiger partial charge in [-0.05, 0) is 50.9 Å². The van der Waals surface area contributed by atoms with Gasteiger partial charge >= 0.3 is 0 Å². The number of hydrogen-bond donors (Lipinski definition) is 0. The molecule has 0 heterocycles. The van der Waals surface area contributed by atoms with E-state index in [9.17, 15) is 0 Å². The summed E-state index contributed by atoms with van der Waals surface area (Å²) in [5.41, 5.74) is 2.28. The zero-order chi connectivity index (χ0) is 15.8. The average Bonchev–Trinajstić information content (AvgIpc) is 2.61. The van der Waals surface area contributed by atoms with Crippen LogP contribution in [0.4, 0.5) is 0 Å². The Hall–Kier alpha value is -2.80. The van der Waals surface area contributed by atoms with Crippen LogP contribution in [0.25, 0.3) is 32.7 Å². The van der Waals surface area contributed by atoms with Crippen molar-refractivity contribution in [3.05, 3.63) is 78.8 Å². The number of fused-ring (bicyclic) bond motifs is 3. The lowest BCUT2D eigenvalue weighted by Crippen LogP contribution is -1.86. The molecule has 0 bridgehead atoms. The number of ether oxygens (including phenoxy) is 1. The van der Waals surface area contributed by atoms with Crippen LogP contribution in [0, 0.1) is 0 Å². The Kier molecular flexibility index (Phi) is 2.79. The summed E-state index contributed by atoms with van der Waals surface area (Å²) in [6, 6.07) is 25.0. The monoisotopic (exact) mass is 285 g/mol. The lowest BCUT2D eigenvalue weighted by Gasteiger charge is -2.11. The van der Waals surface area contributed by atoms with E-state index in [-0.39, 0.29) is 0 Å². The third-order valence-electron chi connectivity index (χ3n) is 4.08. The van der Waals surface area contributed by atoms with Crippen LogP contribution in [0.1, 0.15) is 1.37 Å². The third-order valence-corrected chi connectivity index (χ3v) is 4.08. The van der Waals surface area contributed by atoms with Crippen LogP contribution in [-0.4, -0.2) is 7.11 Å². The maximum Gasteiger partial charge on any atom is 0.118 e. The normalized spacial score (nSPS) is 11.6. The number of hydrogen-bond acceptors (Lipinski definition) is 1. The van der Waals surface area contributed by atoms with Gasteiger partial charge in [0.05, 0.1) is 8.48 Å². The molecule has 0 fully saturated rings. The van der Waals surface area contributed by atoms with E-state index >= 15 is 0 Å². The van der Waals surface area contributed by atoms with Gasteiger partial charge in [-0.1, -0.05) is 60.6 Å². The minimum absolute atomic E-state index is 0.564. The second-order valence-electron chi connectivity index (χ2n) is 5.33. The summed E-state index contributed by atoms with van der Waals surface area (Å²) >= 11 is 0. The van der Waals surface area contributed by atoms with Gasteiger partial charge in [0, 0.05) is 0 Å². The van der Waals surface area contributed by atoms with Crippen molar-refractivity contribution in [3.63, 3.8) is 0 Å². The van der Waals surface area contributed by atoms with Gasteiger partial charge in [0.25, 0.3) is 0 Å². The first-order chi connectivity index (χ1) is 11.3. The number of rotatable bonds is 2. The highest BCUT2D eigenvalue weighted by Crippen LogP contribution is 2.35. The molecule has 0 atom stereocenters. The summed E-state index contributed by atoms with van der Waals surface area (Å²) in [5, 5.41) is 4.41. The first-order valence-electron chi connectivity index (χ1n) is 7.83. The van der Waals surface area contributed by atoms with Crippen LogP contribution in [0.15, 0.2) is 78.8 Å². The first kappa shape index (κ1) is 11.8. The summed E-state index contributed by atoms with van der Waals surface area (Å²) in [6.07, 6.45) is 0. The highest BCUT2D eigenvalue weighted by atomic mass is 16.5. The molecule has 0 amide bonds.